The number of nitrogens with zero attached hydrogens (tertiary/aromatic N) is 1. The van der Waals surface area contributed by atoms with Gasteiger partial charge in [-0.2, -0.15) is 5.10 Å². The number of hydrogen-bond donors (Lipinski definition) is 1. The number of aromatic amines is 1. The second kappa shape index (κ2) is 2.64. The van der Waals surface area contributed by atoms with E-state index in [0.29, 0.717) is 5.69 Å². The minimum absolute atomic E-state index is 0.525. The zero-order valence-electron chi connectivity index (χ0n) is 6.14. The molecular formula is C7H10N2O. The van der Waals surface area contributed by atoms with Gasteiger partial charge in [-0.1, -0.05) is 6.92 Å². The minimum atomic E-state index is 0.525. The van der Waals surface area contributed by atoms with Crippen LogP contribution in [-0.2, 0) is 6.42 Å². The summed E-state index contributed by atoms with van der Waals surface area (Å²) < 4.78 is 0. The van der Waals surface area contributed by atoms with Gasteiger partial charge in [-0.15, -0.1) is 0 Å². The van der Waals surface area contributed by atoms with E-state index in [2.05, 4.69) is 10.2 Å². The van der Waals surface area contributed by atoms with E-state index in [-0.39, 0.29) is 0 Å². The van der Waals surface area contributed by atoms with E-state index in [9.17, 15) is 4.79 Å². The Labute approximate surface area is 59.4 Å². The first-order chi connectivity index (χ1) is 4.79. The Morgan fingerprint density at radius 3 is 2.70 bits per heavy atom. The van der Waals surface area contributed by atoms with Crippen LogP contribution in [0.25, 0.3) is 0 Å². The van der Waals surface area contributed by atoms with Crippen LogP contribution >= 0.6 is 0 Å². The lowest BCUT2D eigenvalue weighted by Crippen LogP contribution is -1.84. The molecule has 1 rings (SSSR count). The van der Waals surface area contributed by atoms with Gasteiger partial charge < -0.3 is 0 Å². The first-order valence-corrected chi connectivity index (χ1v) is 3.28. The van der Waals surface area contributed by atoms with Gasteiger partial charge in [0.2, 0.25) is 0 Å². The molecule has 10 heavy (non-hydrogen) atoms. The highest BCUT2D eigenvalue weighted by Crippen LogP contribution is 2.07. The van der Waals surface area contributed by atoms with Crippen molar-refractivity contribution in [1.29, 1.82) is 0 Å². The third-order valence-corrected chi connectivity index (χ3v) is 1.61. The fourth-order valence-corrected chi connectivity index (χ4v) is 0.909. The summed E-state index contributed by atoms with van der Waals surface area (Å²) in [5.41, 5.74) is 2.54. The first-order valence-electron chi connectivity index (χ1n) is 3.28. The van der Waals surface area contributed by atoms with Crippen molar-refractivity contribution in [1.82, 2.24) is 10.2 Å². The normalized spacial score (nSPS) is 9.80. The summed E-state index contributed by atoms with van der Waals surface area (Å²) in [4.78, 5) is 10.3. The number of hydrogen-bond acceptors (Lipinski definition) is 2. The Hall–Kier alpha value is -1.12. The van der Waals surface area contributed by atoms with Gasteiger partial charge in [-0.05, 0) is 13.3 Å². The Morgan fingerprint density at radius 1 is 1.70 bits per heavy atom. The molecule has 0 aliphatic heterocycles. The van der Waals surface area contributed by atoms with Crippen molar-refractivity contribution in [2.24, 2.45) is 0 Å². The molecule has 0 saturated heterocycles. The van der Waals surface area contributed by atoms with E-state index < -0.39 is 0 Å². The second-order valence-corrected chi connectivity index (χ2v) is 2.18. The number of carbonyl (C=O) groups is 1. The van der Waals surface area contributed by atoms with Crippen LogP contribution < -0.4 is 0 Å². The predicted octanol–water partition coefficient (Wildman–Crippen LogP) is 1.09. The predicted molar refractivity (Wildman–Crippen MR) is 38.1 cm³/mol. The average molecular weight is 138 g/mol. The SMILES string of the molecule is CCc1[nH]nc(C=O)c1C. The molecule has 0 aromatic carbocycles. The molecule has 3 nitrogen and oxygen atoms in total. The second-order valence-electron chi connectivity index (χ2n) is 2.18. The molecule has 0 bridgehead atoms. The molecule has 1 aromatic rings. The van der Waals surface area contributed by atoms with Crippen molar-refractivity contribution >= 4 is 6.29 Å². The third-order valence-electron chi connectivity index (χ3n) is 1.61. The van der Waals surface area contributed by atoms with Gasteiger partial charge >= 0.3 is 0 Å². The number of H-pyrrole nitrogens is 1. The zero-order valence-corrected chi connectivity index (χ0v) is 6.14. The van der Waals surface area contributed by atoms with Gasteiger partial charge in [-0.3, -0.25) is 9.89 Å². The molecule has 0 atom stereocenters. The van der Waals surface area contributed by atoms with Crippen molar-refractivity contribution in [2.45, 2.75) is 20.3 Å². The van der Waals surface area contributed by atoms with Crippen LogP contribution in [0, 0.1) is 6.92 Å². The van der Waals surface area contributed by atoms with Crippen LogP contribution in [0.3, 0.4) is 0 Å². The maximum absolute atomic E-state index is 10.3. The van der Waals surface area contributed by atoms with Crippen LogP contribution in [0.2, 0.25) is 0 Å². The number of aryl methyl sites for hydroxylation is 1. The highest BCUT2D eigenvalue weighted by molar-refractivity contribution is 5.74. The minimum Gasteiger partial charge on any atom is -0.296 e. The van der Waals surface area contributed by atoms with Crippen molar-refractivity contribution in [2.75, 3.05) is 0 Å². The number of nitrogens with one attached hydrogen (secondary N) is 1. The van der Waals surface area contributed by atoms with E-state index in [0.717, 1.165) is 24.0 Å². The van der Waals surface area contributed by atoms with Crippen LogP contribution in [0.1, 0.15) is 28.7 Å². The summed E-state index contributed by atoms with van der Waals surface area (Å²) in [5, 5.41) is 6.61. The number of carbonyl (C=O) groups excluding carboxylic acids is 1. The summed E-state index contributed by atoms with van der Waals surface area (Å²) in [6.45, 7) is 3.92. The van der Waals surface area contributed by atoms with Gasteiger partial charge in [0.1, 0.15) is 5.69 Å². The van der Waals surface area contributed by atoms with Gasteiger partial charge in [-0.25, -0.2) is 0 Å². The van der Waals surface area contributed by atoms with E-state index in [1.165, 1.54) is 0 Å². The first kappa shape index (κ1) is 6.99. The summed E-state index contributed by atoms with van der Waals surface area (Å²) in [7, 11) is 0. The van der Waals surface area contributed by atoms with E-state index in [1.54, 1.807) is 0 Å². The molecule has 1 heterocycles. The highest BCUT2D eigenvalue weighted by atomic mass is 16.1. The fraction of sp³-hybridized carbons (Fsp3) is 0.429. The maximum Gasteiger partial charge on any atom is 0.170 e. The summed E-state index contributed by atoms with van der Waals surface area (Å²) >= 11 is 0. The molecule has 0 amide bonds. The van der Waals surface area contributed by atoms with Gasteiger partial charge in [0, 0.05) is 11.3 Å². The van der Waals surface area contributed by atoms with Gasteiger partial charge in [0.05, 0.1) is 0 Å². The topological polar surface area (TPSA) is 45.8 Å². The molecule has 1 N–H and O–H groups in total. The van der Waals surface area contributed by atoms with Crippen molar-refractivity contribution < 1.29 is 4.79 Å². The summed E-state index contributed by atoms with van der Waals surface area (Å²) in [5.74, 6) is 0. The van der Waals surface area contributed by atoms with E-state index in [1.807, 2.05) is 13.8 Å². The van der Waals surface area contributed by atoms with E-state index >= 15 is 0 Å². The fourth-order valence-electron chi connectivity index (χ4n) is 0.909. The number of aldehydes is 1. The third kappa shape index (κ3) is 0.943. The molecular weight excluding hydrogens is 128 g/mol. The number of rotatable bonds is 2. The lowest BCUT2D eigenvalue weighted by Gasteiger charge is -1.89. The van der Waals surface area contributed by atoms with Gasteiger partial charge in [0.25, 0.3) is 0 Å². The van der Waals surface area contributed by atoms with Crippen molar-refractivity contribution in [3.8, 4) is 0 Å². The molecule has 54 valence electrons. The molecule has 0 saturated carbocycles. The zero-order chi connectivity index (χ0) is 7.56. The Balaban J connectivity index is 3.08. The average Bonchev–Trinajstić information content (AvgIpc) is 2.30. The van der Waals surface area contributed by atoms with Crippen molar-refractivity contribution in [3.63, 3.8) is 0 Å². The monoisotopic (exact) mass is 138 g/mol. The smallest absolute Gasteiger partial charge is 0.170 e. The highest BCUT2D eigenvalue weighted by Gasteiger charge is 2.04. The van der Waals surface area contributed by atoms with Crippen LogP contribution in [0.4, 0.5) is 0 Å². The van der Waals surface area contributed by atoms with Crippen LogP contribution in [0.15, 0.2) is 0 Å². The molecule has 0 unspecified atom stereocenters. The quantitative estimate of drug-likeness (QED) is 0.622. The molecule has 0 radical (unpaired) electrons. The summed E-state index contributed by atoms with van der Waals surface area (Å²) in [6, 6.07) is 0. The lowest BCUT2D eigenvalue weighted by molar-refractivity contribution is 0.111. The lowest BCUT2D eigenvalue weighted by atomic mass is 10.2. The number of aromatic nitrogens is 2. The Morgan fingerprint density at radius 2 is 2.40 bits per heavy atom. The molecule has 0 fully saturated rings. The van der Waals surface area contributed by atoms with Crippen LogP contribution in [-0.4, -0.2) is 16.5 Å². The van der Waals surface area contributed by atoms with Crippen LogP contribution in [0.5, 0.6) is 0 Å². The summed E-state index contributed by atoms with van der Waals surface area (Å²) in [6.07, 6.45) is 1.66. The van der Waals surface area contributed by atoms with E-state index in [4.69, 9.17) is 0 Å². The van der Waals surface area contributed by atoms with Gasteiger partial charge in [0.15, 0.2) is 6.29 Å². The standard InChI is InChI=1S/C7H10N2O/c1-3-6-5(2)7(4-10)9-8-6/h4H,3H2,1-2H3,(H,8,9). The van der Waals surface area contributed by atoms with Crippen molar-refractivity contribution in [3.05, 3.63) is 17.0 Å². The largest absolute Gasteiger partial charge is 0.296 e. The maximum atomic E-state index is 10.3. The molecule has 0 aliphatic carbocycles. The molecule has 0 aliphatic rings. The Bertz CT molecular complexity index is 240. The molecule has 0 spiro atoms. The Kier molecular flexibility index (Phi) is 1.85. The molecule has 3 heteroatoms. The molecule has 1 aromatic heterocycles.